The summed E-state index contributed by atoms with van der Waals surface area (Å²) in [7, 11) is 0. The van der Waals surface area contributed by atoms with Gasteiger partial charge in [-0.15, -0.1) is 13.2 Å². The Labute approximate surface area is 215 Å². The van der Waals surface area contributed by atoms with Gasteiger partial charge in [0.05, 0.1) is 30.0 Å². The molecule has 12 heteroatoms. The molecular weight excluding hydrogens is 515 g/mol. The van der Waals surface area contributed by atoms with E-state index in [1.165, 1.54) is 10.9 Å². The number of ether oxygens (including phenoxy) is 2. The first kappa shape index (κ1) is 24.7. The highest BCUT2D eigenvalue weighted by Crippen LogP contribution is 2.69. The number of nitrogens with zero attached hydrogens (tertiary/aromatic N) is 2. The fourth-order valence-corrected chi connectivity index (χ4v) is 6.58. The van der Waals surface area contributed by atoms with Gasteiger partial charge in [-0.25, -0.2) is 0 Å². The summed E-state index contributed by atoms with van der Waals surface area (Å²) in [5.74, 6) is 0.0879. The normalized spacial score (nSPS) is 33.8. The molecule has 2 bridgehead atoms. The Morgan fingerprint density at radius 2 is 1.97 bits per heavy atom. The number of halogens is 4. The molecule has 1 aromatic carbocycles. The van der Waals surface area contributed by atoms with E-state index >= 15 is 0 Å². The monoisotopic (exact) mass is 539 g/mol. The number of aromatic nitrogens is 2. The molecule has 37 heavy (non-hydrogen) atoms. The standard InChI is InChI=1S/C25H25ClF3N3O5/c26-14-1-2-20-17(3-14)18(33)6-21(36-20)22(35)31-24-10-23(11-24,12-24)7-19(34)13-8-30-32(9-13)15-4-16(5-15)37-25(27,28)29/h1-3,8-9,15-16,18,21,33H,4-7,10-12H2,(H,31,35)/t15?,16?,18-,21-,23?,24?/m1/s1. The summed E-state index contributed by atoms with van der Waals surface area (Å²) in [4.78, 5) is 25.7. The Balaban J connectivity index is 0.983. The van der Waals surface area contributed by atoms with E-state index in [-0.39, 0.29) is 47.9 Å². The van der Waals surface area contributed by atoms with Gasteiger partial charge >= 0.3 is 6.36 Å². The van der Waals surface area contributed by atoms with Crippen LogP contribution in [0.4, 0.5) is 13.2 Å². The number of rotatable bonds is 7. The summed E-state index contributed by atoms with van der Waals surface area (Å²) in [5, 5.41) is 18.1. The lowest BCUT2D eigenvalue weighted by atomic mass is 9.38. The Kier molecular flexibility index (Phi) is 5.63. The fraction of sp³-hybridized carbons (Fsp3) is 0.560. The number of hydrogen-bond donors (Lipinski definition) is 2. The second-order valence-corrected chi connectivity index (χ2v) is 11.4. The number of fused-ring (bicyclic) bond motifs is 1. The molecule has 1 aromatic heterocycles. The maximum Gasteiger partial charge on any atom is 0.522 e. The van der Waals surface area contributed by atoms with Crippen molar-refractivity contribution < 1.29 is 37.3 Å². The molecule has 2 N–H and O–H groups in total. The van der Waals surface area contributed by atoms with Gasteiger partial charge in [0.15, 0.2) is 11.9 Å². The highest BCUT2D eigenvalue weighted by atomic mass is 35.5. The zero-order valence-electron chi connectivity index (χ0n) is 19.6. The lowest BCUT2D eigenvalue weighted by Crippen LogP contribution is -2.75. The second-order valence-electron chi connectivity index (χ2n) is 11.0. The van der Waals surface area contributed by atoms with Crippen molar-refractivity contribution >= 4 is 23.3 Å². The lowest BCUT2D eigenvalue weighted by molar-refractivity contribution is -0.353. The van der Waals surface area contributed by atoms with Gasteiger partial charge in [-0.2, -0.15) is 5.10 Å². The van der Waals surface area contributed by atoms with Crippen molar-refractivity contribution in [1.29, 1.82) is 0 Å². The molecule has 4 saturated carbocycles. The van der Waals surface area contributed by atoms with Crippen LogP contribution in [0.1, 0.15) is 73.0 Å². The molecular formula is C25H25ClF3N3O5. The Morgan fingerprint density at radius 3 is 2.68 bits per heavy atom. The van der Waals surface area contributed by atoms with Crippen LogP contribution >= 0.6 is 11.6 Å². The first-order valence-electron chi connectivity index (χ1n) is 12.2. The molecule has 0 saturated heterocycles. The van der Waals surface area contributed by atoms with E-state index in [1.807, 2.05) is 0 Å². The van der Waals surface area contributed by atoms with E-state index in [1.54, 1.807) is 24.4 Å². The zero-order chi connectivity index (χ0) is 26.2. The van der Waals surface area contributed by atoms with Gasteiger partial charge in [-0.1, -0.05) is 11.6 Å². The van der Waals surface area contributed by atoms with Crippen LogP contribution in [0.3, 0.4) is 0 Å². The molecule has 2 aromatic rings. The van der Waals surface area contributed by atoms with Crippen LogP contribution in [-0.2, 0) is 9.53 Å². The van der Waals surface area contributed by atoms with Crippen molar-refractivity contribution in [1.82, 2.24) is 15.1 Å². The van der Waals surface area contributed by atoms with Gasteiger partial charge in [0.25, 0.3) is 5.91 Å². The first-order valence-corrected chi connectivity index (χ1v) is 12.6. The molecule has 4 fully saturated rings. The quantitative estimate of drug-likeness (QED) is 0.509. The Hall–Kier alpha value is -2.63. The fourth-order valence-electron chi connectivity index (χ4n) is 6.40. The van der Waals surface area contributed by atoms with E-state index in [4.69, 9.17) is 16.3 Å². The number of Topliss-reactive ketones (excluding diaryl/α,β-unsaturated/α-hetero) is 1. The number of hydrogen-bond acceptors (Lipinski definition) is 6. The minimum atomic E-state index is -4.65. The second kappa shape index (κ2) is 8.44. The number of amides is 1. The van der Waals surface area contributed by atoms with Crippen LogP contribution in [0.2, 0.25) is 5.02 Å². The number of nitrogens with one attached hydrogen (secondary N) is 1. The minimum absolute atomic E-state index is 0.0673. The smallest absolute Gasteiger partial charge is 0.480 e. The highest BCUT2D eigenvalue weighted by molar-refractivity contribution is 6.30. The first-order chi connectivity index (χ1) is 17.4. The van der Waals surface area contributed by atoms with E-state index in [0.29, 0.717) is 47.6 Å². The molecule has 4 aliphatic carbocycles. The number of aliphatic hydroxyl groups excluding tert-OH is 1. The molecule has 1 amide bonds. The van der Waals surface area contributed by atoms with Crippen molar-refractivity contribution in [2.75, 3.05) is 0 Å². The largest absolute Gasteiger partial charge is 0.522 e. The molecule has 7 rings (SSSR count). The zero-order valence-corrected chi connectivity index (χ0v) is 20.4. The van der Waals surface area contributed by atoms with Crippen molar-refractivity contribution in [3.05, 3.63) is 46.7 Å². The minimum Gasteiger partial charge on any atom is -0.480 e. The van der Waals surface area contributed by atoms with Crippen molar-refractivity contribution in [2.45, 2.75) is 81.2 Å². The summed E-state index contributed by atoms with van der Waals surface area (Å²) in [6, 6.07) is 4.70. The van der Waals surface area contributed by atoms with E-state index in [2.05, 4.69) is 15.2 Å². The van der Waals surface area contributed by atoms with Crippen LogP contribution in [0.15, 0.2) is 30.6 Å². The maximum atomic E-state index is 12.9. The predicted octanol–water partition coefficient (Wildman–Crippen LogP) is 4.27. The number of ketones is 1. The summed E-state index contributed by atoms with van der Waals surface area (Å²) in [5.41, 5.74) is 0.487. The molecule has 0 radical (unpaired) electrons. The molecule has 8 nitrogen and oxygen atoms in total. The SMILES string of the molecule is O=C(CC12CC(NC(=O)[C@H]3C[C@@H](O)c4cc(Cl)ccc4O3)(C1)C2)c1cnn(C2CC(OC(F)(F)F)C2)c1. The summed E-state index contributed by atoms with van der Waals surface area (Å²) >= 11 is 5.98. The number of aliphatic hydroxyl groups is 1. The lowest BCUT2D eigenvalue weighted by Gasteiger charge is -2.70. The van der Waals surface area contributed by atoms with Gasteiger partial charge in [0.2, 0.25) is 0 Å². The van der Waals surface area contributed by atoms with Gasteiger partial charge in [0.1, 0.15) is 5.75 Å². The molecule has 0 unspecified atom stereocenters. The van der Waals surface area contributed by atoms with Crippen LogP contribution in [0.5, 0.6) is 5.75 Å². The van der Waals surface area contributed by atoms with Gasteiger partial charge in [0, 0.05) is 35.2 Å². The average molecular weight is 540 g/mol. The topological polar surface area (TPSA) is 103 Å². The average Bonchev–Trinajstić information content (AvgIpc) is 3.23. The summed E-state index contributed by atoms with van der Waals surface area (Å²) < 4.78 is 48.3. The van der Waals surface area contributed by atoms with Gasteiger partial charge in [-0.05, 0) is 55.7 Å². The van der Waals surface area contributed by atoms with E-state index < -0.39 is 24.7 Å². The van der Waals surface area contributed by atoms with Crippen LogP contribution < -0.4 is 10.1 Å². The molecule has 198 valence electrons. The van der Waals surface area contributed by atoms with E-state index in [0.717, 1.165) is 0 Å². The third-order valence-corrected chi connectivity index (χ3v) is 8.30. The number of alkyl halides is 3. The molecule has 5 aliphatic rings. The van der Waals surface area contributed by atoms with Gasteiger partial charge in [-0.3, -0.25) is 19.0 Å². The van der Waals surface area contributed by atoms with Crippen LogP contribution in [-0.4, -0.2) is 50.7 Å². The molecule has 1 aliphatic heterocycles. The summed E-state index contributed by atoms with van der Waals surface area (Å²) in [6.07, 6.45) is -1.22. The molecule has 2 heterocycles. The van der Waals surface area contributed by atoms with Crippen LogP contribution in [0.25, 0.3) is 0 Å². The number of benzene rings is 1. The maximum absolute atomic E-state index is 12.9. The number of carbonyl (C=O) groups excluding carboxylic acids is 2. The van der Waals surface area contributed by atoms with Crippen molar-refractivity contribution in [3.8, 4) is 5.75 Å². The Bertz CT molecular complexity index is 1240. The summed E-state index contributed by atoms with van der Waals surface area (Å²) in [6.45, 7) is 0. The molecule has 0 spiro atoms. The van der Waals surface area contributed by atoms with Crippen LogP contribution in [0, 0.1) is 5.41 Å². The molecule has 2 atom stereocenters. The predicted molar refractivity (Wildman–Crippen MR) is 123 cm³/mol. The third kappa shape index (κ3) is 4.61. The third-order valence-electron chi connectivity index (χ3n) is 8.06. The van der Waals surface area contributed by atoms with Gasteiger partial charge < -0.3 is 15.2 Å². The van der Waals surface area contributed by atoms with Crippen molar-refractivity contribution in [3.63, 3.8) is 0 Å². The number of carbonyl (C=O) groups is 2. The van der Waals surface area contributed by atoms with E-state index in [9.17, 15) is 27.9 Å². The Morgan fingerprint density at radius 1 is 1.24 bits per heavy atom. The van der Waals surface area contributed by atoms with Crippen molar-refractivity contribution in [2.24, 2.45) is 5.41 Å². The highest BCUT2D eigenvalue weighted by Gasteiger charge is 2.68.